The Balaban J connectivity index is 1.97. The smallest absolute Gasteiger partial charge is 0.129 e. The first kappa shape index (κ1) is 13.3. The minimum absolute atomic E-state index is 0.577. The predicted octanol–water partition coefficient (Wildman–Crippen LogP) is 3.67. The zero-order valence-corrected chi connectivity index (χ0v) is 11.8. The van der Waals surface area contributed by atoms with Crippen LogP contribution in [0, 0.1) is 11.8 Å². The predicted molar refractivity (Wildman–Crippen MR) is 75.6 cm³/mol. The molecule has 1 fully saturated rings. The standard InChI is InChI=1S/C15H25N3/c1-4-5-13-9-15(17-10-16-13)18-14-7-11(2)6-12(3)8-14/h9-12,14H,4-8H2,1-3H3,(H,16,17,18). The highest BCUT2D eigenvalue weighted by Crippen LogP contribution is 2.30. The first-order valence-electron chi connectivity index (χ1n) is 7.24. The van der Waals surface area contributed by atoms with Crippen molar-refractivity contribution < 1.29 is 0 Å². The molecule has 2 unspecified atom stereocenters. The second-order valence-corrected chi connectivity index (χ2v) is 5.90. The van der Waals surface area contributed by atoms with Crippen LogP contribution in [-0.2, 0) is 6.42 Å². The first-order valence-corrected chi connectivity index (χ1v) is 7.24. The summed E-state index contributed by atoms with van der Waals surface area (Å²) in [6.45, 7) is 6.89. The largest absolute Gasteiger partial charge is 0.367 e. The maximum atomic E-state index is 4.34. The van der Waals surface area contributed by atoms with Crippen LogP contribution in [0.25, 0.3) is 0 Å². The van der Waals surface area contributed by atoms with Crippen molar-refractivity contribution in [1.29, 1.82) is 0 Å². The van der Waals surface area contributed by atoms with E-state index in [1.54, 1.807) is 6.33 Å². The number of aryl methyl sites for hydroxylation is 1. The Morgan fingerprint density at radius 1 is 1.17 bits per heavy atom. The van der Waals surface area contributed by atoms with Crippen LogP contribution in [0.15, 0.2) is 12.4 Å². The second-order valence-electron chi connectivity index (χ2n) is 5.90. The molecule has 2 rings (SSSR count). The summed E-state index contributed by atoms with van der Waals surface area (Å²) in [5, 5.41) is 3.59. The van der Waals surface area contributed by atoms with E-state index < -0.39 is 0 Å². The molecule has 1 N–H and O–H groups in total. The fraction of sp³-hybridized carbons (Fsp3) is 0.733. The molecule has 2 atom stereocenters. The second kappa shape index (κ2) is 6.17. The molecule has 1 aromatic heterocycles. The number of aromatic nitrogens is 2. The minimum Gasteiger partial charge on any atom is -0.367 e. The molecule has 100 valence electrons. The van der Waals surface area contributed by atoms with Crippen LogP contribution >= 0.6 is 0 Å². The molecule has 0 saturated heterocycles. The van der Waals surface area contributed by atoms with E-state index >= 15 is 0 Å². The van der Waals surface area contributed by atoms with E-state index in [9.17, 15) is 0 Å². The van der Waals surface area contributed by atoms with Gasteiger partial charge in [0.25, 0.3) is 0 Å². The summed E-state index contributed by atoms with van der Waals surface area (Å²) in [4.78, 5) is 8.64. The summed E-state index contributed by atoms with van der Waals surface area (Å²) < 4.78 is 0. The number of anilines is 1. The van der Waals surface area contributed by atoms with E-state index in [-0.39, 0.29) is 0 Å². The molecule has 1 aliphatic carbocycles. The molecular weight excluding hydrogens is 222 g/mol. The number of nitrogens with zero attached hydrogens (tertiary/aromatic N) is 2. The van der Waals surface area contributed by atoms with Crippen molar-refractivity contribution in [2.24, 2.45) is 11.8 Å². The van der Waals surface area contributed by atoms with E-state index in [0.717, 1.165) is 36.2 Å². The van der Waals surface area contributed by atoms with Gasteiger partial charge in [0.2, 0.25) is 0 Å². The molecule has 0 spiro atoms. The third kappa shape index (κ3) is 3.69. The van der Waals surface area contributed by atoms with Gasteiger partial charge in [0.15, 0.2) is 0 Å². The molecule has 0 bridgehead atoms. The summed E-state index contributed by atoms with van der Waals surface area (Å²) in [6.07, 6.45) is 7.74. The van der Waals surface area contributed by atoms with Gasteiger partial charge < -0.3 is 5.32 Å². The lowest BCUT2D eigenvalue weighted by atomic mass is 9.80. The fourth-order valence-electron chi connectivity index (χ4n) is 3.14. The summed E-state index contributed by atoms with van der Waals surface area (Å²) >= 11 is 0. The summed E-state index contributed by atoms with van der Waals surface area (Å²) in [6, 6.07) is 2.68. The minimum atomic E-state index is 0.577. The van der Waals surface area contributed by atoms with Crippen LogP contribution in [0.3, 0.4) is 0 Å². The van der Waals surface area contributed by atoms with E-state index in [1.165, 1.54) is 19.3 Å². The molecule has 1 aromatic rings. The number of hydrogen-bond acceptors (Lipinski definition) is 3. The number of hydrogen-bond donors (Lipinski definition) is 1. The molecule has 3 heteroatoms. The van der Waals surface area contributed by atoms with Crippen LogP contribution in [-0.4, -0.2) is 16.0 Å². The summed E-state index contributed by atoms with van der Waals surface area (Å²) in [7, 11) is 0. The Morgan fingerprint density at radius 2 is 1.89 bits per heavy atom. The fourth-order valence-corrected chi connectivity index (χ4v) is 3.14. The van der Waals surface area contributed by atoms with Crippen molar-refractivity contribution in [3.63, 3.8) is 0 Å². The monoisotopic (exact) mass is 247 g/mol. The van der Waals surface area contributed by atoms with Crippen LogP contribution in [0.5, 0.6) is 0 Å². The zero-order valence-electron chi connectivity index (χ0n) is 11.8. The van der Waals surface area contributed by atoms with Gasteiger partial charge in [0, 0.05) is 17.8 Å². The van der Waals surface area contributed by atoms with Crippen molar-refractivity contribution in [2.45, 2.75) is 58.9 Å². The molecule has 0 aliphatic heterocycles. The van der Waals surface area contributed by atoms with Crippen molar-refractivity contribution in [1.82, 2.24) is 9.97 Å². The lowest BCUT2D eigenvalue weighted by Crippen LogP contribution is -2.30. The molecule has 3 nitrogen and oxygen atoms in total. The van der Waals surface area contributed by atoms with Crippen LogP contribution in [0.1, 0.15) is 52.1 Å². The van der Waals surface area contributed by atoms with Gasteiger partial charge in [0.1, 0.15) is 12.1 Å². The van der Waals surface area contributed by atoms with Crippen molar-refractivity contribution >= 4 is 5.82 Å². The topological polar surface area (TPSA) is 37.8 Å². The van der Waals surface area contributed by atoms with E-state index in [1.807, 2.05) is 0 Å². The first-order chi connectivity index (χ1) is 8.67. The Morgan fingerprint density at radius 3 is 2.56 bits per heavy atom. The molecule has 1 saturated carbocycles. The molecule has 18 heavy (non-hydrogen) atoms. The molecular formula is C15H25N3. The van der Waals surface area contributed by atoms with Gasteiger partial charge in [-0.1, -0.05) is 27.2 Å². The Hall–Kier alpha value is -1.12. The average molecular weight is 247 g/mol. The van der Waals surface area contributed by atoms with E-state index in [0.29, 0.717) is 6.04 Å². The van der Waals surface area contributed by atoms with Gasteiger partial charge in [-0.25, -0.2) is 9.97 Å². The molecule has 0 radical (unpaired) electrons. The van der Waals surface area contributed by atoms with Gasteiger partial charge in [-0.15, -0.1) is 0 Å². The van der Waals surface area contributed by atoms with E-state index in [4.69, 9.17) is 0 Å². The molecule has 1 heterocycles. The molecule has 1 aliphatic rings. The highest BCUT2D eigenvalue weighted by Gasteiger charge is 2.23. The van der Waals surface area contributed by atoms with Gasteiger partial charge in [-0.3, -0.25) is 0 Å². The molecule has 0 amide bonds. The highest BCUT2D eigenvalue weighted by atomic mass is 15.0. The summed E-state index contributed by atoms with van der Waals surface area (Å²) in [5.74, 6) is 2.64. The van der Waals surface area contributed by atoms with Crippen molar-refractivity contribution in [3.8, 4) is 0 Å². The third-order valence-electron chi connectivity index (χ3n) is 3.76. The van der Waals surface area contributed by atoms with Crippen molar-refractivity contribution in [3.05, 3.63) is 18.1 Å². The quantitative estimate of drug-likeness (QED) is 0.882. The zero-order chi connectivity index (χ0) is 13.0. The number of nitrogens with one attached hydrogen (secondary N) is 1. The lowest BCUT2D eigenvalue weighted by molar-refractivity contribution is 0.280. The maximum Gasteiger partial charge on any atom is 0.129 e. The van der Waals surface area contributed by atoms with Gasteiger partial charge in [-0.2, -0.15) is 0 Å². The third-order valence-corrected chi connectivity index (χ3v) is 3.76. The van der Waals surface area contributed by atoms with Crippen LogP contribution in [0.4, 0.5) is 5.82 Å². The van der Waals surface area contributed by atoms with Gasteiger partial charge >= 0.3 is 0 Å². The SMILES string of the molecule is CCCc1cc(NC2CC(C)CC(C)C2)ncn1. The number of rotatable bonds is 4. The Labute approximate surface area is 110 Å². The van der Waals surface area contributed by atoms with Crippen molar-refractivity contribution in [2.75, 3.05) is 5.32 Å². The maximum absolute atomic E-state index is 4.34. The Bertz CT molecular complexity index is 368. The average Bonchev–Trinajstić information content (AvgIpc) is 2.28. The Kier molecular flexibility index (Phi) is 4.56. The lowest BCUT2D eigenvalue weighted by Gasteiger charge is -2.32. The highest BCUT2D eigenvalue weighted by molar-refractivity contribution is 5.36. The van der Waals surface area contributed by atoms with E-state index in [2.05, 4.69) is 42.1 Å². The van der Waals surface area contributed by atoms with Gasteiger partial charge in [0.05, 0.1) is 0 Å². The summed E-state index contributed by atoms with van der Waals surface area (Å²) in [5.41, 5.74) is 1.15. The molecule has 0 aromatic carbocycles. The van der Waals surface area contributed by atoms with Crippen LogP contribution < -0.4 is 5.32 Å². The van der Waals surface area contributed by atoms with Crippen LogP contribution in [0.2, 0.25) is 0 Å². The van der Waals surface area contributed by atoms with Gasteiger partial charge in [-0.05, 0) is 37.5 Å². The normalized spacial score (nSPS) is 28.1.